The first-order valence-corrected chi connectivity index (χ1v) is 5.14. The quantitative estimate of drug-likeness (QED) is 0.883. The summed E-state index contributed by atoms with van der Waals surface area (Å²) in [6.07, 6.45) is 4.51. The average Bonchev–Trinajstić information content (AvgIpc) is 2.30. The maximum absolute atomic E-state index is 10.9. The highest BCUT2D eigenvalue weighted by Crippen LogP contribution is 2.21. The van der Waals surface area contributed by atoms with Crippen LogP contribution >= 0.6 is 11.6 Å². The molecule has 2 aromatic heterocycles. The molecule has 0 saturated heterocycles. The molecule has 6 heteroatoms. The Morgan fingerprint density at radius 3 is 2.82 bits per heavy atom. The van der Waals surface area contributed by atoms with Crippen LogP contribution in [0.2, 0.25) is 5.02 Å². The molecule has 0 atom stereocenters. The standard InChI is InChI=1S/C11H8ClN3O2/c1-6-2-3-13-4-7(6)10-14-5-8(12)9(15-10)11(16)17/h2-5H,1H3,(H,16,17). The molecule has 0 fully saturated rings. The number of carbonyl (C=O) groups is 1. The van der Waals surface area contributed by atoms with Crippen molar-refractivity contribution in [2.75, 3.05) is 0 Å². The van der Waals surface area contributed by atoms with Crippen LogP contribution in [0.5, 0.6) is 0 Å². The zero-order valence-corrected chi connectivity index (χ0v) is 9.64. The van der Waals surface area contributed by atoms with Crippen LogP contribution in [0.1, 0.15) is 16.1 Å². The second kappa shape index (κ2) is 4.47. The molecule has 0 amide bonds. The minimum absolute atomic E-state index is 0.0165. The van der Waals surface area contributed by atoms with E-state index in [4.69, 9.17) is 16.7 Å². The Bertz CT molecular complexity index is 587. The molecule has 17 heavy (non-hydrogen) atoms. The number of halogens is 1. The van der Waals surface area contributed by atoms with Crippen molar-refractivity contribution in [3.8, 4) is 11.4 Å². The molecule has 0 aromatic carbocycles. The summed E-state index contributed by atoms with van der Waals surface area (Å²) in [6.45, 7) is 1.87. The zero-order valence-electron chi connectivity index (χ0n) is 8.88. The molecule has 1 N–H and O–H groups in total. The molecule has 0 spiro atoms. The molecule has 0 aliphatic carbocycles. The summed E-state index contributed by atoms with van der Waals surface area (Å²) in [7, 11) is 0. The second-order valence-corrected chi connectivity index (χ2v) is 3.79. The lowest BCUT2D eigenvalue weighted by Gasteiger charge is -2.04. The number of rotatable bonds is 2. The Morgan fingerprint density at radius 2 is 2.18 bits per heavy atom. The van der Waals surface area contributed by atoms with Gasteiger partial charge in [0.05, 0.1) is 11.2 Å². The minimum atomic E-state index is -1.18. The lowest BCUT2D eigenvalue weighted by atomic mass is 10.1. The lowest BCUT2D eigenvalue weighted by Crippen LogP contribution is -2.04. The number of hydrogen-bond acceptors (Lipinski definition) is 4. The van der Waals surface area contributed by atoms with Crippen molar-refractivity contribution in [3.05, 3.63) is 40.9 Å². The van der Waals surface area contributed by atoms with Crippen molar-refractivity contribution in [3.63, 3.8) is 0 Å². The molecule has 0 saturated carbocycles. The fourth-order valence-electron chi connectivity index (χ4n) is 1.34. The Hall–Kier alpha value is -2.01. The molecule has 0 aliphatic rings. The molecular weight excluding hydrogens is 242 g/mol. The van der Waals surface area contributed by atoms with Crippen LogP contribution in [0.15, 0.2) is 24.7 Å². The van der Waals surface area contributed by atoms with Gasteiger partial charge in [0.1, 0.15) is 0 Å². The van der Waals surface area contributed by atoms with Gasteiger partial charge in [-0.15, -0.1) is 0 Å². The summed E-state index contributed by atoms with van der Waals surface area (Å²) in [5, 5.41) is 8.93. The highest BCUT2D eigenvalue weighted by molar-refractivity contribution is 6.33. The summed E-state index contributed by atoms with van der Waals surface area (Å²) in [4.78, 5) is 22.8. The average molecular weight is 250 g/mol. The molecule has 5 nitrogen and oxygen atoms in total. The van der Waals surface area contributed by atoms with E-state index in [1.54, 1.807) is 18.5 Å². The van der Waals surface area contributed by atoms with E-state index in [1.807, 2.05) is 6.92 Å². The topological polar surface area (TPSA) is 76.0 Å². The van der Waals surface area contributed by atoms with Gasteiger partial charge in [-0.25, -0.2) is 14.8 Å². The van der Waals surface area contributed by atoms with E-state index in [-0.39, 0.29) is 10.7 Å². The molecule has 86 valence electrons. The van der Waals surface area contributed by atoms with E-state index >= 15 is 0 Å². The number of aromatic carboxylic acids is 1. The minimum Gasteiger partial charge on any atom is -0.476 e. The van der Waals surface area contributed by atoms with Crippen LogP contribution in [-0.4, -0.2) is 26.0 Å². The molecule has 0 aliphatic heterocycles. The number of carboxylic acids is 1. The van der Waals surface area contributed by atoms with Gasteiger partial charge < -0.3 is 5.11 Å². The Kier molecular flexibility index (Phi) is 3.01. The van der Waals surface area contributed by atoms with E-state index in [2.05, 4.69) is 15.0 Å². The Morgan fingerprint density at radius 1 is 1.41 bits per heavy atom. The van der Waals surface area contributed by atoms with Gasteiger partial charge in [-0.1, -0.05) is 11.6 Å². The normalized spacial score (nSPS) is 10.2. The zero-order chi connectivity index (χ0) is 12.4. The number of aryl methyl sites for hydroxylation is 1. The van der Waals surface area contributed by atoms with Gasteiger partial charge in [0, 0.05) is 18.0 Å². The molecule has 2 heterocycles. The first kappa shape index (κ1) is 11.5. The molecule has 2 aromatic rings. The second-order valence-electron chi connectivity index (χ2n) is 3.39. The van der Waals surface area contributed by atoms with E-state index in [9.17, 15) is 4.79 Å². The summed E-state index contributed by atoms with van der Waals surface area (Å²) in [6, 6.07) is 1.80. The molecule has 0 unspecified atom stereocenters. The highest BCUT2D eigenvalue weighted by atomic mass is 35.5. The van der Waals surface area contributed by atoms with E-state index in [1.165, 1.54) is 6.20 Å². The van der Waals surface area contributed by atoms with Gasteiger partial charge in [0.15, 0.2) is 11.5 Å². The predicted octanol–water partition coefficient (Wildman–Crippen LogP) is 2.20. The Balaban J connectivity index is 2.58. The molecule has 2 rings (SSSR count). The number of aromatic nitrogens is 3. The van der Waals surface area contributed by atoms with E-state index in [0.29, 0.717) is 11.4 Å². The first-order chi connectivity index (χ1) is 8.09. The number of carboxylic acid groups (broad SMARTS) is 1. The van der Waals surface area contributed by atoms with Crippen molar-refractivity contribution in [2.24, 2.45) is 0 Å². The molecule has 0 bridgehead atoms. The summed E-state index contributed by atoms with van der Waals surface area (Å²) < 4.78 is 0. The van der Waals surface area contributed by atoms with Crippen molar-refractivity contribution < 1.29 is 9.90 Å². The lowest BCUT2D eigenvalue weighted by molar-refractivity contribution is 0.0690. The third kappa shape index (κ3) is 2.24. The van der Waals surface area contributed by atoms with E-state index < -0.39 is 5.97 Å². The number of pyridine rings is 1. The van der Waals surface area contributed by atoms with Crippen LogP contribution in [0.4, 0.5) is 0 Å². The molecular formula is C11H8ClN3O2. The Labute approximate surface area is 102 Å². The van der Waals surface area contributed by atoms with Crippen molar-refractivity contribution in [2.45, 2.75) is 6.92 Å². The first-order valence-electron chi connectivity index (χ1n) is 4.76. The van der Waals surface area contributed by atoms with Crippen molar-refractivity contribution >= 4 is 17.6 Å². The summed E-state index contributed by atoms with van der Waals surface area (Å²) in [5.41, 5.74) is 1.39. The fraction of sp³-hybridized carbons (Fsp3) is 0.0909. The van der Waals surface area contributed by atoms with Crippen LogP contribution in [0.3, 0.4) is 0 Å². The monoisotopic (exact) mass is 249 g/mol. The maximum Gasteiger partial charge on any atom is 0.356 e. The largest absolute Gasteiger partial charge is 0.476 e. The van der Waals surface area contributed by atoms with Crippen LogP contribution in [0, 0.1) is 6.92 Å². The SMILES string of the molecule is Cc1ccncc1-c1ncc(Cl)c(C(=O)O)n1. The van der Waals surface area contributed by atoms with E-state index in [0.717, 1.165) is 5.56 Å². The van der Waals surface area contributed by atoms with Crippen LogP contribution in [0.25, 0.3) is 11.4 Å². The van der Waals surface area contributed by atoms with Gasteiger partial charge >= 0.3 is 5.97 Å². The van der Waals surface area contributed by atoms with Gasteiger partial charge in [0.2, 0.25) is 0 Å². The van der Waals surface area contributed by atoms with Gasteiger partial charge in [-0.2, -0.15) is 0 Å². The van der Waals surface area contributed by atoms with Crippen molar-refractivity contribution in [1.29, 1.82) is 0 Å². The van der Waals surface area contributed by atoms with Crippen LogP contribution < -0.4 is 0 Å². The smallest absolute Gasteiger partial charge is 0.356 e. The molecule has 0 radical (unpaired) electrons. The van der Waals surface area contributed by atoms with Gasteiger partial charge in [-0.05, 0) is 18.6 Å². The van der Waals surface area contributed by atoms with Gasteiger partial charge in [0.25, 0.3) is 0 Å². The maximum atomic E-state index is 10.9. The highest BCUT2D eigenvalue weighted by Gasteiger charge is 2.14. The third-order valence-corrected chi connectivity index (χ3v) is 2.50. The summed E-state index contributed by atoms with van der Waals surface area (Å²) in [5.74, 6) is -0.877. The van der Waals surface area contributed by atoms with Crippen LogP contribution in [-0.2, 0) is 0 Å². The van der Waals surface area contributed by atoms with Crippen molar-refractivity contribution in [1.82, 2.24) is 15.0 Å². The third-order valence-electron chi connectivity index (χ3n) is 2.23. The van der Waals surface area contributed by atoms with Gasteiger partial charge in [-0.3, -0.25) is 4.98 Å². The number of hydrogen-bond donors (Lipinski definition) is 1. The fourth-order valence-corrected chi connectivity index (χ4v) is 1.52. The predicted molar refractivity (Wildman–Crippen MR) is 62.0 cm³/mol. The summed E-state index contributed by atoms with van der Waals surface area (Å²) >= 11 is 5.70. The number of nitrogens with zero attached hydrogens (tertiary/aromatic N) is 3.